The van der Waals surface area contributed by atoms with Crippen LogP contribution in [0.25, 0.3) is 0 Å². The molecule has 0 aliphatic carbocycles. The van der Waals surface area contributed by atoms with E-state index in [0.717, 1.165) is 23.8 Å². The highest BCUT2D eigenvalue weighted by Crippen LogP contribution is 2.24. The summed E-state index contributed by atoms with van der Waals surface area (Å²) in [6.45, 7) is 12.5. The minimum absolute atomic E-state index is 0.112. The second kappa shape index (κ2) is 6.06. The lowest BCUT2D eigenvalue weighted by molar-refractivity contribution is 0.542. The van der Waals surface area contributed by atoms with Crippen LogP contribution in [0.15, 0.2) is 17.6 Å². The van der Waals surface area contributed by atoms with Crippen LogP contribution in [-0.2, 0) is 18.5 Å². The first-order chi connectivity index (χ1) is 9.36. The average molecular weight is 292 g/mol. The van der Waals surface area contributed by atoms with Crippen molar-refractivity contribution in [1.82, 2.24) is 20.1 Å². The van der Waals surface area contributed by atoms with Crippen molar-refractivity contribution < 1.29 is 0 Å². The van der Waals surface area contributed by atoms with E-state index in [9.17, 15) is 0 Å². The Bertz CT molecular complexity index is 548. The highest BCUT2D eigenvalue weighted by molar-refractivity contribution is 7.09. The molecule has 0 spiro atoms. The first-order valence-corrected chi connectivity index (χ1v) is 7.93. The highest BCUT2D eigenvalue weighted by Gasteiger charge is 2.17. The quantitative estimate of drug-likeness (QED) is 0.920. The number of nitrogens with one attached hydrogen (secondary N) is 1. The minimum atomic E-state index is 0.112. The van der Waals surface area contributed by atoms with Gasteiger partial charge in [0, 0.05) is 29.6 Å². The van der Waals surface area contributed by atoms with Crippen LogP contribution in [0, 0.1) is 0 Å². The Morgan fingerprint density at radius 2 is 2.10 bits per heavy atom. The van der Waals surface area contributed by atoms with Crippen molar-refractivity contribution in [2.75, 3.05) is 0 Å². The molecule has 0 fully saturated rings. The molecule has 5 heteroatoms. The molecule has 2 rings (SSSR count). The molecule has 0 aliphatic rings. The zero-order valence-corrected chi connectivity index (χ0v) is 13.8. The van der Waals surface area contributed by atoms with Gasteiger partial charge in [-0.25, -0.2) is 4.98 Å². The fourth-order valence-electron chi connectivity index (χ4n) is 1.82. The molecular weight excluding hydrogens is 268 g/mol. The van der Waals surface area contributed by atoms with E-state index in [2.05, 4.69) is 56.5 Å². The van der Waals surface area contributed by atoms with Gasteiger partial charge in [0.1, 0.15) is 5.01 Å². The van der Waals surface area contributed by atoms with Crippen LogP contribution in [-0.4, -0.2) is 20.8 Å². The van der Waals surface area contributed by atoms with Gasteiger partial charge in [-0.1, -0.05) is 34.6 Å². The summed E-state index contributed by atoms with van der Waals surface area (Å²) < 4.78 is 2.03. The number of hydrogen-bond donors (Lipinski definition) is 1. The van der Waals surface area contributed by atoms with Crippen LogP contribution in [0.4, 0.5) is 0 Å². The van der Waals surface area contributed by atoms with Gasteiger partial charge in [0.15, 0.2) is 0 Å². The van der Waals surface area contributed by atoms with Crippen molar-refractivity contribution in [2.45, 2.75) is 59.2 Å². The molecule has 0 unspecified atom stereocenters. The lowest BCUT2D eigenvalue weighted by Gasteiger charge is -2.14. The Morgan fingerprint density at radius 3 is 2.70 bits per heavy atom. The molecule has 2 aromatic heterocycles. The van der Waals surface area contributed by atoms with Crippen molar-refractivity contribution in [3.8, 4) is 0 Å². The van der Waals surface area contributed by atoms with Gasteiger partial charge >= 0.3 is 0 Å². The van der Waals surface area contributed by atoms with Crippen molar-refractivity contribution in [2.24, 2.45) is 0 Å². The Balaban J connectivity index is 2.07. The van der Waals surface area contributed by atoms with Crippen LogP contribution in [0.1, 0.15) is 51.0 Å². The lowest BCUT2D eigenvalue weighted by Crippen LogP contribution is -2.23. The molecule has 0 radical (unpaired) electrons. The van der Waals surface area contributed by atoms with E-state index in [1.807, 2.05) is 10.9 Å². The van der Waals surface area contributed by atoms with Gasteiger partial charge in [0.2, 0.25) is 0 Å². The summed E-state index contributed by atoms with van der Waals surface area (Å²) in [5.41, 5.74) is 2.47. The third-order valence-corrected chi connectivity index (χ3v) is 3.93. The van der Waals surface area contributed by atoms with Gasteiger partial charge in [-0.15, -0.1) is 11.3 Å². The minimum Gasteiger partial charge on any atom is -0.309 e. The summed E-state index contributed by atoms with van der Waals surface area (Å²) in [7, 11) is 0. The van der Waals surface area contributed by atoms with E-state index >= 15 is 0 Å². The fourth-order valence-corrected chi connectivity index (χ4v) is 2.82. The first kappa shape index (κ1) is 15.2. The van der Waals surface area contributed by atoms with Crippen LogP contribution in [0.5, 0.6) is 0 Å². The van der Waals surface area contributed by atoms with Gasteiger partial charge in [-0.3, -0.25) is 4.68 Å². The Morgan fingerprint density at radius 1 is 1.35 bits per heavy atom. The number of aromatic nitrogens is 3. The summed E-state index contributed by atoms with van der Waals surface area (Å²) in [5.74, 6) is 0. The Kier molecular flexibility index (Phi) is 4.60. The van der Waals surface area contributed by atoms with Gasteiger partial charge in [0.05, 0.1) is 17.9 Å². The molecule has 4 nitrogen and oxygen atoms in total. The maximum Gasteiger partial charge on any atom is 0.114 e. The molecule has 0 saturated heterocycles. The van der Waals surface area contributed by atoms with Crippen LogP contribution in [0.2, 0.25) is 0 Å². The maximum atomic E-state index is 4.73. The molecule has 0 aliphatic heterocycles. The molecule has 1 N–H and O–H groups in total. The molecule has 2 heterocycles. The van der Waals surface area contributed by atoms with Crippen LogP contribution < -0.4 is 5.32 Å². The molecule has 0 bridgehead atoms. The normalized spacial score (nSPS) is 12.3. The predicted molar refractivity (Wildman–Crippen MR) is 84.1 cm³/mol. The van der Waals surface area contributed by atoms with Gasteiger partial charge in [-0.2, -0.15) is 5.10 Å². The molecular formula is C15H24N4S. The lowest BCUT2D eigenvalue weighted by atomic mass is 9.93. The zero-order valence-electron chi connectivity index (χ0n) is 13.0. The van der Waals surface area contributed by atoms with E-state index < -0.39 is 0 Å². The van der Waals surface area contributed by atoms with Crippen molar-refractivity contribution in [1.29, 1.82) is 0 Å². The Hall–Kier alpha value is -1.20. The van der Waals surface area contributed by atoms with E-state index in [4.69, 9.17) is 4.98 Å². The van der Waals surface area contributed by atoms with E-state index in [1.165, 1.54) is 5.69 Å². The summed E-state index contributed by atoms with van der Waals surface area (Å²) in [4.78, 5) is 4.73. The second-order valence-electron chi connectivity index (χ2n) is 6.39. The summed E-state index contributed by atoms with van der Waals surface area (Å²) >= 11 is 1.72. The van der Waals surface area contributed by atoms with Crippen LogP contribution >= 0.6 is 11.3 Å². The largest absolute Gasteiger partial charge is 0.309 e. The van der Waals surface area contributed by atoms with Gasteiger partial charge in [-0.05, 0) is 6.07 Å². The monoisotopic (exact) mass is 292 g/mol. The standard InChI is InChI=1S/C15H24N4S/c1-11(2)16-8-12-6-7-17-19(12)9-14-18-13(10-20-14)15(3,4)5/h6-7,10-11,16H,8-9H2,1-5H3. The average Bonchev–Trinajstić information content (AvgIpc) is 2.95. The van der Waals surface area contributed by atoms with Crippen molar-refractivity contribution in [3.05, 3.63) is 34.0 Å². The smallest absolute Gasteiger partial charge is 0.114 e. The third kappa shape index (κ3) is 3.90. The number of thiazole rings is 1. The molecule has 0 aromatic carbocycles. The zero-order chi connectivity index (χ0) is 14.8. The molecule has 110 valence electrons. The van der Waals surface area contributed by atoms with Crippen molar-refractivity contribution >= 4 is 11.3 Å². The third-order valence-electron chi connectivity index (χ3n) is 3.10. The summed E-state index contributed by atoms with van der Waals surface area (Å²) in [5, 5.41) is 11.1. The number of hydrogen-bond acceptors (Lipinski definition) is 4. The molecule has 20 heavy (non-hydrogen) atoms. The van der Waals surface area contributed by atoms with Crippen molar-refractivity contribution in [3.63, 3.8) is 0 Å². The summed E-state index contributed by atoms with van der Waals surface area (Å²) in [6.07, 6.45) is 1.86. The molecule has 0 saturated carbocycles. The molecule has 0 amide bonds. The molecule has 0 atom stereocenters. The van der Waals surface area contributed by atoms with E-state index in [-0.39, 0.29) is 5.41 Å². The predicted octanol–water partition coefficient (Wildman–Crippen LogP) is 3.18. The van der Waals surface area contributed by atoms with Crippen LogP contribution in [0.3, 0.4) is 0 Å². The first-order valence-electron chi connectivity index (χ1n) is 7.05. The number of rotatable bonds is 5. The van der Waals surface area contributed by atoms with E-state index in [1.54, 1.807) is 11.3 Å². The maximum absolute atomic E-state index is 4.73. The topological polar surface area (TPSA) is 42.7 Å². The van der Waals surface area contributed by atoms with E-state index in [0.29, 0.717) is 6.04 Å². The highest BCUT2D eigenvalue weighted by atomic mass is 32.1. The Labute approximate surface area is 125 Å². The van der Waals surface area contributed by atoms with Gasteiger partial charge < -0.3 is 5.32 Å². The van der Waals surface area contributed by atoms with Gasteiger partial charge in [0.25, 0.3) is 0 Å². The second-order valence-corrected chi connectivity index (χ2v) is 7.33. The summed E-state index contributed by atoms with van der Waals surface area (Å²) in [6, 6.07) is 2.54. The SMILES string of the molecule is CC(C)NCc1ccnn1Cc1nc(C(C)(C)C)cs1. The number of nitrogens with zero attached hydrogens (tertiary/aromatic N) is 3. The molecule has 2 aromatic rings. The fraction of sp³-hybridized carbons (Fsp3) is 0.600.